The molecule has 1 atom stereocenters. The van der Waals surface area contributed by atoms with Crippen LogP contribution in [0.1, 0.15) is 30.9 Å². The highest BCUT2D eigenvalue weighted by Gasteiger charge is 2.31. The molecule has 1 N–H and O–H groups in total. The van der Waals surface area contributed by atoms with Gasteiger partial charge in [-0.25, -0.2) is 18.1 Å². The zero-order chi connectivity index (χ0) is 19.4. The van der Waals surface area contributed by atoms with E-state index in [1.807, 2.05) is 0 Å². The number of hydrazone groups is 1. The SMILES string of the molecule is CCS(=O)(=O)N1CCC[C@@H](C(=O)N/N=C\c2ccc(C(F)(F)F)cc2)C1. The summed E-state index contributed by atoms with van der Waals surface area (Å²) in [4.78, 5) is 12.1. The van der Waals surface area contributed by atoms with Crippen LogP contribution in [0.15, 0.2) is 29.4 Å². The van der Waals surface area contributed by atoms with E-state index in [2.05, 4.69) is 10.5 Å². The molecule has 0 spiro atoms. The third-order valence-electron chi connectivity index (χ3n) is 4.14. The number of sulfonamides is 1. The molecule has 1 saturated heterocycles. The second-order valence-corrected chi connectivity index (χ2v) is 8.21. The topological polar surface area (TPSA) is 78.8 Å². The Labute approximate surface area is 150 Å². The van der Waals surface area contributed by atoms with Crippen LogP contribution in [-0.4, -0.2) is 43.7 Å². The second kappa shape index (κ2) is 8.17. The van der Waals surface area contributed by atoms with E-state index in [0.717, 1.165) is 12.1 Å². The Bertz CT molecular complexity index is 761. The summed E-state index contributed by atoms with van der Waals surface area (Å²) in [5, 5.41) is 3.74. The normalized spacial score (nSPS) is 19.6. The van der Waals surface area contributed by atoms with Gasteiger partial charge in [0.2, 0.25) is 15.9 Å². The number of carbonyl (C=O) groups is 1. The first kappa shape index (κ1) is 20.4. The molecule has 0 unspecified atom stereocenters. The van der Waals surface area contributed by atoms with Gasteiger partial charge in [-0.05, 0) is 37.5 Å². The van der Waals surface area contributed by atoms with Crippen LogP contribution < -0.4 is 5.43 Å². The molecular weight excluding hydrogens is 371 g/mol. The van der Waals surface area contributed by atoms with Gasteiger partial charge in [0.05, 0.1) is 23.4 Å². The Hall–Kier alpha value is -1.94. The van der Waals surface area contributed by atoms with E-state index in [0.29, 0.717) is 24.9 Å². The fourth-order valence-corrected chi connectivity index (χ4v) is 3.79. The van der Waals surface area contributed by atoms with Gasteiger partial charge in [0.1, 0.15) is 0 Å². The van der Waals surface area contributed by atoms with Crippen molar-refractivity contribution in [3.63, 3.8) is 0 Å². The number of halogens is 3. The molecule has 1 heterocycles. The summed E-state index contributed by atoms with van der Waals surface area (Å²) in [6.07, 6.45) is -2.03. The van der Waals surface area contributed by atoms with Gasteiger partial charge < -0.3 is 0 Å². The Balaban J connectivity index is 1.92. The summed E-state index contributed by atoms with van der Waals surface area (Å²) in [5.41, 5.74) is 1.96. The lowest BCUT2D eigenvalue weighted by Gasteiger charge is -2.30. The molecule has 1 aromatic carbocycles. The van der Waals surface area contributed by atoms with Gasteiger partial charge in [-0.1, -0.05) is 12.1 Å². The van der Waals surface area contributed by atoms with E-state index in [-0.39, 0.29) is 12.3 Å². The molecule has 0 radical (unpaired) electrons. The van der Waals surface area contributed by atoms with Crippen molar-refractivity contribution in [1.82, 2.24) is 9.73 Å². The third kappa shape index (κ3) is 5.28. The van der Waals surface area contributed by atoms with Crippen LogP contribution in [0.4, 0.5) is 13.2 Å². The fourth-order valence-electron chi connectivity index (χ4n) is 2.61. The van der Waals surface area contributed by atoms with E-state index < -0.39 is 33.6 Å². The van der Waals surface area contributed by atoms with Crippen molar-refractivity contribution >= 4 is 22.1 Å². The van der Waals surface area contributed by atoms with E-state index in [9.17, 15) is 26.4 Å². The average Bonchev–Trinajstić information content (AvgIpc) is 2.61. The standard InChI is InChI=1S/C16H20F3N3O3S/c1-2-26(24,25)22-9-3-4-13(11-22)15(23)21-20-10-12-5-7-14(8-6-12)16(17,18)19/h5-8,10,13H,2-4,9,11H2,1H3,(H,21,23)/b20-10-/t13-/m1/s1. The van der Waals surface area contributed by atoms with Crippen LogP contribution in [-0.2, 0) is 21.0 Å². The second-order valence-electron chi connectivity index (χ2n) is 5.95. The van der Waals surface area contributed by atoms with Gasteiger partial charge in [0, 0.05) is 13.1 Å². The highest BCUT2D eigenvalue weighted by Crippen LogP contribution is 2.28. The van der Waals surface area contributed by atoms with Crippen molar-refractivity contribution in [3.8, 4) is 0 Å². The number of nitrogens with zero attached hydrogens (tertiary/aromatic N) is 2. The lowest BCUT2D eigenvalue weighted by atomic mass is 9.99. The maximum atomic E-state index is 12.5. The smallest absolute Gasteiger partial charge is 0.273 e. The zero-order valence-electron chi connectivity index (χ0n) is 14.2. The first-order valence-electron chi connectivity index (χ1n) is 8.11. The quantitative estimate of drug-likeness (QED) is 0.618. The van der Waals surface area contributed by atoms with E-state index >= 15 is 0 Å². The number of piperidine rings is 1. The van der Waals surface area contributed by atoms with Crippen molar-refractivity contribution in [2.45, 2.75) is 25.9 Å². The van der Waals surface area contributed by atoms with E-state index in [4.69, 9.17) is 0 Å². The molecule has 0 saturated carbocycles. The largest absolute Gasteiger partial charge is 0.416 e. The molecule has 1 aliphatic rings. The monoisotopic (exact) mass is 391 g/mol. The van der Waals surface area contributed by atoms with Gasteiger partial charge in [-0.15, -0.1) is 0 Å². The number of carbonyl (C=O) groups excluding carboxylic acids is 1. The number of hydrogen-bond donors (Lipinski definition) is 1. The third-order valence-corrected chi connectivity index (χ3v) is 5.99. The van der Waals surface area contributed by atoms with E-state index in [1.165, 1.54) is 22.7 Å². The minimum absolute atomic E-state index is 0.0204. The minimum Gasteiger partial charge on any atom is -0.273 e. The lowest BCUT2D eigenvalue weighted by molar-refractivity contribution is -0.137. The number of hydrogen-bond acceptors (Lipinski definition) is 4. The van der Waals surface area contributed by atoms with Gasteiger partial charge >= 0.3 is 6.18 Å². The summed E-state index contributed by atoms with van der Waals surface area (Å²) < 4.78 is 62.6. The van der Waals surface area contributed by atoms with Crippen LogP contribution in [0.2, 0.25) is 0 Å². The summed E-state index contributed by atoms with van der Waals surface area (Å²) in [7, 11) is -3.34. The van der Waals surface area contributed by atoms with Gasteiger partial charge in [0.15, 0.2) is 0 Å². The number of rotatable bonds is 5. The number of amides is 1. The Morgan fingerprint density at radius 1 is 1.35 bits per heavy atom. The highest BCUT2D eigenvalue weighted by molar-refractivity contribution is 7.89. The van der Waals surface area contributed by atoms with Crippen molar-refractivity contribution in [2.24, 2.45) is 11.0 Å². The molecule has 1 fully saturated rings. The molecule has 2 rings (SSSR count). The first-order chi connectivity index (χ1) is 12.1. The Kier molecular flexibility index (Phi) is 6.40. The molecule has 0 aromatic heterocycles. The van der Waals surface area contributed by atoms with E-state index in [1.54, 1.807) is 6.92 Å². The summed E-state index contributed by atoms with van der Waals surface area (Å²) in [6.45, 7) is 2.06. The molecule has 0 aliphatic carbocycles. The number of alkyl halides is 3. The van der Waals surface area contributed by atoms with Crippen LogP contribution in [0.25, 0.3) is 0 Å². The summed E-state index contributed by atoms with van der Waals surface area (Å²) in [6, 6.07) is 4.35. The van der Waals surface area contributed by atoms with Crippen molar-refractivity contribution in [3.05, 3.63) is 35.4 Å². The number of benzene rings is 1. The van der Waals surface area contributed by atoms with Crippen LogP contribution in [0.3, 0.4) is 0 Å². The molecule has 10 heteroatoms. The molecule has 1 aromatic rings. The zero-order valence-corrected chi connectivity index (χ0v) is 15.0. The minimum atomic E-state index is -4.41. The molecule has 26 heavy (non-hydrogen) atoms. The van der Waals surface area contributed by atoms with Crippen LogP contribution >= 0.6 is 0 Å². The maximum Gasteiger partial charge on any atom is 0.416 e. The van der Waals surface area contributed by atoms with Crippen LogP contribution in [0, 0.1) is 5.92 Å². The Morgan fingerprint density at radius 3 is 2.58 bits per heavy atom. The van der Waals surface area contributed by atoms with Crippen LogP contribution in [0.5, 0.6) is 0 Å². The van der Waals surface area contributed by atoms with Crippen molar-refractivity contribution in [1.29, 1.82) is 0 Å². The van der Waals surface area contributed by atoms with Gasteiger partial charge in [-0.3, -0.25) is 4.79 Å². The van der Waals surface area contributed by atoms with Gasteiger partial charge in [-0.2, -0.15) is 18.3 Å². The molecular formula is C16H20F3N3O3S. The lowest BCUT2D eigenvalue weighted by Crippen LogP contribution is -2.45. The molecule has 0 bridgehead atoms. The molecule has 1 aliphatic heterocycles. The molecule has 1 amide bonds. The average molecular weight is 391 g/mol. The summed E-state index contributed by atoms with van der Waals surface area (Å²) >= 11 is 0. The fraction of sp³-hybridized carbons (Fsp3) is 0.500. The highest BCUT2D eigenvalue weighted by atomic mass is 32.2. The summed E-state index contributed by atoms with van der Waals surface area (Å²) in [5.74, 6) is -0.938. The molecule has 144 valence electrons. The van der Waals surface area contributed by atoms with Gasteiger partial charge in [0.25, 0.3) is 0 Å². The predicted molar refractivity (Wildman–Crippen MR) is 90.9 cm³/mol. The predicted octanol–water partition coefficient (Wildman–Crippen LogP) is 2.22. The van der Waals surface area contributed by atoms with Crippen molar-refractivity contribution in [2.75, 3.05) is 18.8 Å². The first-order valence-corrected chi connectivity index (χ1v) is 9.72. The Morgan fingerprint density at radius 2 is 2.00 bits per heavy atom. The maximum absolute atomic E-state index is 12.5. The van der Waals surface area contributed by atoms with Crippen molar-refractivity contribution < 1.29 is 26.4 Å². The number of nitrogens with one attached hydrogen (secondary N) is 1. The molecule has 6 nitrogen and oxygen atoms in total.